The fourth-order valence-electron chi connectivity index (χ4n) is 2.17. The van der Waals surface area contributed by atoms with E-state index in [0.717, 1.165) is 5.56 Å². The fourth-order valence-corrected chi connectivity index (χ4v) is 3.26. The molecule has 0 unspecified atom stereocenters. The summed E-state index contributed by atoms with van der Waals surface area (Å²) < 4.78 is 0. The molecule has 0 fully saturated rings. The van der Waals surface area contributed by atoms with E-state index >= 15 is 0 Å². The maximum absolute atomic E-state index is 10.7. The molecule has 134 valence electrons. The molecule has 6 nitrogen and oxygen atoms in total. The number of hydrogen-bond acceptors (Lipinski definition) is 6. The van der Waals surface area contributed by atoms with Crippen LogP contribution < -0.4 is 5.32 Å². The van der Waals surface area contributed by atoms with E-state index in [1.807, 2.05) is 0 Å². The van der Waals surface area contributed by atoms with Gasteiger partial charge in [0.15, 0.2) is 0 Å². The zero-order valence-corrected chi connectivity index (χ0v) is 15.8. The van der Waals surface area contributed by atoms with Crippen LogP contribution in [0, 0.1) is 21.4 Å². The molecule has 1 aromatic heterocycles. The number of allylic oxidation sites excluding steroid dienone is 1. The van der Waals surface area contributed by atoms with Crippen LogP contribution >= 0.6 is 34.5 Å². The molecule has 0 amide bonds. The molecule has 1 N–H and O–H groups in total. The molecule has 0 saturated heterocycles. The molecule has 27 heavy (non-hydrogen) atoms. The van der Waals surface area contributed by atoms with Gasteiger partial charge in [-0.2, -0.15) is 5.26 Å². The summed E-state index contributed by atoms with van der Waals surface area (Å²) in [6.45, 7) is 0. The van der Waals surface area contributed by atoms with E-state index in [2.05, 4.69) is 16.4 Å². The zero-order valence-electron chi connectivity index (χ0n) is 13.5. The second-order valence-electron chi connectivity index (χ2n) is 5.28. The number of aromatic nitrogens is 1. The van der Waals surface area contributed by atoms with Gasteiger partial charge in [0.25, 0.3) is 5.69 Å². The largest absolute Gasteiger partial charge is 0.360 e. The van der Waals surface area contributed by atoms with Crippen LogP contribution in [0.4, 0.5) is 11.4 Å². The molecular weight excluding hydrogens is 407 g/mol. The first-order valence-electron chi connectivity index (χ1n) is 7.50. The van der Waals surface area contributed by atoms with Gasteiger partial charge >= 0.3 is 0 Å². The quantitative estimate of drug-likeness (QED) is 0.312. The van der Waals surface area contributed by atoms with Crippen LogP contribution in [-0.2, 0) is 0 Å². The Labute approximate surface area is 168 Å². The smallest absolute Gasteiger partial charge is 0.269 e. The van der Waals surface area contributed by atoms with Gasteiger partial charge in [0.2, 0.25) is 0 Å². The third-order valence-electron chi connectivity index (χ3n) is 3.53. The molecule has 3 aromatic rings. The lowest BCUT2D eigenvalue weighted by Crippen LogP contribution is -1.91. The molecule has 0 saturated carbocycles. The molecule has 0 bridgehead atoms. The van der Waals surface area contributed by atoms with E-state index in [1.165, 1.54) is 29.7 Å². The second kappa shape index (κ2) is 8.18. The first-order chi connectivity index (χ1) is 13.0. The number of nitro groups is 1. The lowest BCUT2D eigenvalue weighted by molar-refractivity contribution is -0.384. The van der Waals surface area contributed by atoms with Crippen molar-refractivity contribution in [1.82, 2.24) is 4.98 Å². The van der Waals surface area contributed by atoms with Crippen molar-refractivity contribution in [3.63, 3.8) is 0 Å². The molecule has 0 aliphatic rings. The zero-order chi connectivity index (χ0) is 19.4. The number of nitrogens with one attached hydrogen (secondary N) is 1. The van der Waals surface area contributed by atoms with Crippen molar-refractivity contribution >= 4 is 51.5 Å². The van der Waals surface area contributed by atoms with Crippen molar-refractivity contribution in [2.75, 3.05) is 5.32 Å². The van der Waals surface area contributed by atoms with Gasteiger partial charge in [-0.3, -0.25) is 10.1 Å². The predicted molar refractivity (Wildman–Crippen MR) is 108 cm³/mol. The summed E-state index contributed by atoms with van der Waals surface area (Å²) in [6.07, 6.45) is 1.54. The van der Waals surface area contributed by atoms with Crippen LogP contribution in [0.15, 0.2) is 54.0 Å². The highest BCUT2D eigenvalue weighted by atomic mass is 35.5. The molecule has 1 heterocycles. The summed E-state index contributed by atoms with van der Waals surface area (Å²) in [5, 5.41) is 26.3. The van der Waals surface area contributed by atoms with E-state index in [4.69, 9.17) is 23.2 Å². The number of halogens is 2. The molecule has 0 aliphatic heterocycles. The van der Waals surface area contributed by atoms with Crippen molar-refractivity contribution in [3.8, 4) is 17.3 Å². The number of rotatable bonds is 5. The number of thiazole rings is 1. The third kappa shape index (κ3) is 4.44. The number of hydrogen-bond donors (Lipinski definition) is 1. The maximum Gasteiger partial charge on any atom is 0.269 e. The van der Waals surface area contributed by atoms with Gasteiger partial charge in [-0.25, -0.2) is 4.98 Å². The van der Waals surface area contributed by atoms with Gasteiger partial charge in [-0.15, -0.1) is 11.3 Å². The number of anilines is 1. The minimum Gasteiger partial charge on any atom is -0.360 e. The van der Waals surface area contributed by atoms with Gasteiger partial charge in [-0.05, 0) is 30.3 Å². The highest BCUT2D eigenvalue weighted by molar-refractivity contribution is 7.11. The second-order valence-corrected chi connectivity index (χ2v) is 6.96. The monoisotopic (exact) mass is 416 g/mol. The molecule has 0 spiro atoms. The van der Waals surface area contributed by atoms with Crippen LogP contribution in [0.3, 0.4) is 0 Å². The molecule has 3 rings (SSSR count). The van der Waals surface area contributed by atoms with Crippen LogP contribution in [0.5, 0.6) is 0 Å². The highest BCUT2D eigenvalue weighted by Gasteiger charge is 2.11. The van der Waals surface area contributed by atoms with Crippen LogP contribution in [0.1, 0.15) is 5.01 Å². The van der Waals surface area contributed by atoms with E-state index in [9.17, 15) is 15.4 Å². The van der Waals surface area contributed by atoms with E-state index in [-0.39, 0.29) is 5.69 Å². The molecular formula is C18H10Cl2N4O2S. The van der Waals surface area contributed by atoms with Crippen LogP contribution in [0.25, 0.3) is 16.8 Å². The summed E-state index contributed by atoms with van der Waals surface area (Å²) in [6, 6.07) is 13.2. The van der Waals surface area contributed by atoms with Crippen molar-refractivity contribution in [2.24, 2.45) is 0 Å². The molecule has 0 radical (unpaired) electrons. The number of nitrogens with zero attached hydrogens (tertiary/aromatic N) is 3. The Kier molecular flexibility index (Phi) is 5.72. The first kappa shape index (κ1) is 18.9. The topological polar surface area (TPSA) is 91.8 Å². The minimum absolute atomic E-state index is 0.0117. The predicted octanol–water partition coefficient (Wildman–Crippen LogP) is 6.00. The van der Waals surface area contributed by atoms with Crippen LogP contribution in [-0.4, -0.2) is 9.91 Å². The number of non-ortho nitro benzene ring substituents is 1. The number of nitro benzene ring substituents is 1. The molecule has 9 heteroatoms. The normalized spacial score (nSPS) is 11.1. The summed E-state index contributed by atoms with van der Waals surface area (Å²) in [5.41, 5.74) is 2.42. The van der Waals surface area contributed by atoms with Gasteiger partial charge in [0, 0.05) is 35.0 Å². The Hall–Kier alpha value is -2.92. The lowest BCUT2D eigenvalue weighted by Gasteiger charge is -2.03. The Morgan fingerprint density at radius 1 is 1.22 bits per heavy atom. The minimum atomic E-state index is -0.457. The molecule has 2 aromatic carbocycles. The van der Waals surface area contributed by atoms with Gasteiger partial charge in [0.05, 0.1) is 20.7 Å². The summed E-state index contributed by atoms with van der Waals surface area (Å²) in [7, 11) is 0. The number of nitriles is 1. The average Bonchev–Trinajstić information content (AvgIpc) is 3.15. The Balaban J connectivity index is 1.81. The van der Waals surface area contributed by atoms with Gasteiger partial charge < -0.3 is 5.32 Å². The first-order valence-corrected chi connectivity index (χ1v) is 9.14. The Bertz CT molecular complexity index is 1070. The van der Waals surface area contributed by atoms with Crippen molar-refractivity contribution < 1.29 is 4.92 Å². The average molecular weight is 417 g/mol. The van der Waals surface area contributed by atoms with Gasteiger partial charge in [0.1, 0.15) is 16.6 Å². The summed E-state index contributed by atoms with van der Waals surface area (Å²) in [4.78, 5) is 14.7. The lowest BCUT2D eigenvalue weighted by atomic mass is 10.1. The highest BCUT2D eigenvalue weighted by Crippen LogP contribution is 2.28. The maximum atomic E-state index is 10.7. The third-order valence-corrected chi connectivity index (χ3v) is 5.15. The van der Waals surface area contributed by atoms with Crippen molar-refractivity contribution in [2.45, 2.75) is 0 Å². The standard InChI is InChI=1S/C18H10Cl2N4O2S/c19-15-6-3-13(7-16(15)20)22-9-12(8-21)18-23-17(10-27-18)11-1-4-14(5-2-11)24(25)26/h1-7,9-10,22H. The fraction of sp³-hybridized carbons (Fsp3) is 0. The molecule has 0 aliphatic carbocycles. The summed E-state index contributed by atoms with van der Waals surface area (Å²) in [5.74, 6) is 0. The SMILES string of the molecule is N#CC(=CNc1ccc(Cl)c(Cl)c1)c1nc(-c2ccc([N+](=O)[O-])cc2)cs1. The Morgan fingerprint density at radius 2 is 1.96 bits per heavy atom. The van der Waals surface area contributed by atoms with Gasteiger partial charge in [-0.1, -0.05) is 23.2 Å². The van der Waals surface area contributed by atoms with E-state index in [1.54, 1.807) is 35.7 Å². The Morgan fingerprint density at radius 3 is 2.59 bits per heavy atom. The van der Waals surface area contributed by atoms with Crippen molar-refractivity contribution in [1.29, 1.82) is 5.26 Å². The molecule has 0 atom stereocenters. The summed E-state index contributed by atoms with van der Waals surface area (Å²) >= 11 is 13.2. The van der Waals surface area contributed by atoms with Crippen molar-refractivity contribution in [3.05, 3.63) is 79.2 Å². The van der Waals surface area contributed by atoms with E-state index < -0.39 is 4.92 Å². The van der Waals surface area contributed by atoms with Crippen LogP contribution in [0.2, 0.25) is 10.0 Å². The number of benzene rings is 2. The van der Waals surface area contributed by atoms with E-state index in [0.29, 0.717) is 32.0 Å².